The molecule has 1 saturated heterocycles. The van der Waals surface area contributed by atoms with Gasteiger partial charge in [0.1, 0.15) is 0 Å². The second-order valence-corrected chi connectivity index (χ2v) is 6.30. The summed E-state index contributed by atoms with van der Waals surface area (Å²) in [6.07, 6.45) is 2.39. The molecule has 138 valence electrons. The molecule has 1 aromatic carbocycles. The van der Waals surface area contributed by atoms with Crippen molar-refractivity contribution in [3.05, 3.63) is 29.8 Å². The summed E-state index contributed by atoms with van der Waals surface area (Å²) in [5, 5.41) is 3.01. The molecule has 0 atom stereocenters. The molecule has 0 unspecified atom stereocenters. The van der Waals surface area contributed by atoms with E-state index in [0.717, 1.165) is 18.7 Å². The van der Waals surface area contributed by atoms with Gasteiger partial charge in [0, 0.05) is 32.0 Å². The lowest BCUT2D eigenvalue weighted by Gasteiger charge is -2.34. The van der Waals surface area contributed by atoms with Crippen molar-refractivity contribution in [3.8, 4) is 0 Å². The number of anilines is 1. The molecule has 5 nitrogen and oxygen atoms in total. The Morgan fingerprint density at radius 2 is 1.79 bits per heavy atom. The minimum atomic E-state index is -0.484. The number of nitrogens with two attached hydrogens (primary N) is 1. The van der Waals surface area contributed by atoms with E-state index in [4.69, 9.17) is 10.5 Å². The largest absolute Gasteiger partial charge is 0.381 e. The molecule has 1 fully saturated rings. The minimum Gasteiger partial charge on any atom is -0.381 e. The van der Waals surface area contributed by atoms with E-state index in [1.54, 1.807) is 0 Å². The van der Waals surface area contributed by atoms with Gasteiger partial charge in [0.2, 0.25) is 5.91 Å². The lowest BCUT2D eigenvalue weighted by molar-refractivity contribution is -0.130. The number of nitrogens with zero attached hydrogens (tertiary/aromatic N) is 1. The van der Waals surface area contributed by atoms with Crippen molar-refractivity contribution >= 4 is 36.4 Å². The van der Waals surface area contributed by atoms with Crippen LogP contribution in [0.4, 0.5) is 5.69 Å². The molecule has 0 radical (unpaired) electrons. The van der Waals surface area contributed by atoms with Crippen LogP contribution >= 0.6 is 24.8 Å². The first-order valence-electron chi connectivity index (χ1n) is 7.89. The van der Waals surface area contributed by atoms with E-state index < -0.39 is 5.41 Å². The van der Waals surface area contributed by atoms with Gasteiger partial charge in [0.05, 0.1) is 5.41 Å². The molecule has 0 aromatic heterocycles. The highest BCUT2D eigenvalue weighted by Gasteiger charge is 2.38. The molecular formula is C17H29Cl2N3O2. The molecule has 1 heterocycles. The number of halogens is 2. The van der Waals surface area contributed by atoms with Gasteiger partial charge in [-0.3, -0.25) is 4.79 Å². The molecule has 0 bridgehead atoms. The Morgan fingerprint density at radius 3 is 2.29 bits per heavy atom. The van der Waals surface area contributed by atoms with Crippen LogP contribution in [0.2, 0.25) is 0 Å². The predicted octanol–water partition coefficient (Wildman–Crippen LogP) is 2.33. The Labute approximate surface area is 157 Å². The van der Waals surface area contributed by atoms with E-state index in [0.29, 0.717) is 32.6 Å². The van der Waals surface area contributed by atoms with E-state index in [9.17, 15) is 4.79 Å². The average Bonchev–Trinajstić information content (AvgIpc) is 2.54. The van der Waals surface area contributed by atoms with Gasteiger partial charge < -0.3 is 20.7 Å². The van der Waals surface area contributed by atoms with Crippen LogP contribution in [0.3, 0.4) is 0 Å². The highest BCUT2D eigenvalue weighted by atomic mass is 35.5. The summed E-state index contributed by atoms with van der Waals surface area (Å²) >= 11 is 0. The number of benzene rings is 1. The Morgan fingerprint density at radius 1 is 1.21 bits per heavy atom. The van der Waals surface area contributed by atoms with Crippen molar-refractivity contribution in [2.45, 2.75) is 19.3 Å². The monoisotopic (exact) mass is 377 g/mol. The number of hydrogen-bond acceptors (Lipinski definition) is 4. The summed E-state index contributed by atoms with van der Waals surface area (Å²) in [6.45, 7) is 2.59. The first-order valence-corrected chi connectivity index (χ1v) is 7.89. The van der Waals surface area contributed by atoms with Crippen LogP contribution in [0.1, 0.15) is 18.4 Å². The molecule has 0 spiro atoms. The zero-order valence-electron chi connectivity index (χ0n) is 14.4. The first-order chi connectivity index (χ1) is 10.6. The standard InChI is InChI=1S/C17H27N3O2.2ClH/c1-20(2)10-7-14-3-5-15(6-4-14)19-16(21)17(13-18)8-11-22-12-9-17;;/h3-6H,7-13,18H2,1-2H3,(H,19,21);2*1H. The van der Waals surface area contributed by atoms with E-state index in [1.165, 1.54) is 5.56 Å². The number of ether oxygens (including phenoxy) is 1. The fourth-order valence-corrected chi connectivity index (χ4v) is 2.66. The lowest BCUT2D eigenvalue weighted by atomic mass is 9.79. The Bertz CT molecular complexity index is 489. The van der Waals surface area contributed by atoms with Crippen molar-refractivity contribution in [2.75, 3.05) is 45.7 Å². The first kappa shape index (κ1) is 23.1. The number of nitrogens with one attached hydrogen (secondary N) is 1. The summed E-state index contributed by atoms with van der Waals surface area (Å²) in [5.74, 6) is 0.0133. The van der Waals surface area contributed by atoms with Gasteiger partial charge in [0.15, 0.2) is 0 Å². The van der Waals surface area contributed by atoms with Gasteiger partial charge in [-0.05, 0) is 51.1 Å². The lowest BCUT2D eigenvalue weighted by Crippen LogP contribution is -2.46. The Hall–Kier alpha value is -0.850. The van der Waals surface area contributed by atoms with Crippen LogP contribution < -0.4 is 11.1 Å². The maximum Gasteiger partial charge on any atom is 0.232 e. The molecule has 3 N–H and O–H groups in total. The molecule has 1 aliphatic heterocycles. The van der Waals surface area contributed by atoms with Gasteiger partial charge in [0.25, 0.3) is 0 Å². The van der Waals surface area contributed by atoms with Crippen LogP contribution in [0.5, 0.6) is 0 Å². The molecule has 2 rings (SSSR count). The van der Waals surface area contributed by atoms with E-state index in [-0.39, 0.29) is 30.7 Å². The maximum atomic E-state index is 12.6. The zero-order chi connectivity index (χ0) is 16.0. The molecular weight excluding hydrogens is 349 g/mol. The van der Waals surface area contributed by atoms with Crippen molar-refractivity contribution < 1.29 is 9.53 Å². The number of likely N-dealkylation sites (N-methyl/N-ethyl adjacent to an activating group) is 1. The number of hydrogen-bond donors (Lipinski definition) is 2. The van der Waals surface area contributed by atoms with Gasteiger partial charge in [-0.25, -0.2) is 0 Å². The third kappa shape index (κ3) is 6.22. The number of carbonyl (C=O) groups excluding carboxylic acids is 1. The maximum absolute atomic E-state index is 12.6. The number of rotatable bonds is 6. The summed E-state index contributed by atoms with van der Waals surface area (Å²) < 4.78 is 5.35. The summed E-state index contributed by atoms with van der Waals surface area (Å²) in [4.78, 5) is 14.7. The van der Waals surface area contributed by atoms with Gasteiger partial charge >= 0.3 is 0 Å². The fraction of sp³-hybridized carbons (Fsp3) is 0.588. The highest BCUT2D eigenvalue weighted by molar-refractivity contribution is 5.95. The second-order valence-electron chi connectivity index (χ2n) is 6.30. The molecule has 7 heteroatoms. The Balaban J connectivity index is 0.00000264. The normalized spacial score (nSPS) is 16.0. The van der Waals surface area contributed by atoms with Crippen molar-refractivity contribution in [1.82, 2.24) is 4.90 Å². The fourth-order valence-electron chi connectivity index (χ4n) is 2.66. The average molecular weight is 378 g/mol. The molecule has 1 aromatic rings. The van der Waals surface area contributed by atoms with E-state index in [1.807, 2.05) is 12.1 Å². The van der Waals surface area contributed by atoms with E-state index >= 15 is 0 Å². The van der Waals surface area contributed by atoms with Crippen LogP contribution in [0.25, 0.3) is 0 Å². The van der Waals surface area contributed by atoms with Crippen LogP contribution in [0.15, 0.2) is 24.3 Å². The van der Waals surface area contributed by atoms with Crippen molar-refractivity contribution in [3.63, 3.8) is 0 Å². The third-order valence-electron chi connectivity index (χ3n) is 4.38. The minimum absolute atomic E-state index is 0. The smallest absolute Gasteiger partial charge is 0.232 e. The molecule has 1 aliphatic rings. The van der Waals surface area contributed by atoms with Gasteiger partial charge in [-0.15, -0.1) is 24.8 Å². The summed E-state index contributed by atoms with van der Waals surface area (Å²) in [7, 11) is 4.13. The Kier molecular flexibility index (Phi) is 10.5. The molecule has 1 amide bonds. The van der Waals surface area contributed by atoms with Crippen molar-refractivity contribution in [2.24, 2.45) is 11.1 Å². The SMILES string of the molecule is CN(C)CCc1ccc(NC(=O)C2(CN)CCOCC2)cc1.Cl.Cl. The summed E-state index contributed by atoms with van der Waals surface area (Å²) in [6, 6.07) is 8.06. The number of carbonyl (C=O) groups is 1. The summed E-state index contributed by atoms with van der Waals surface area (Å²) in [5.41, 5.74) is 7.48. The van der Waals surface area contributed by atoms with Crippen LogP contribution in [0, 0.1) is 5.41 Å². The molecule has 0 saturated carbocycles. The number of amides is 1. The molecule has 0 aliphatic carbocycles. The topological polar surface area (TPSA) is 67.6 Å². The quantitative estimate of drug-likeness (QED) is 0.797. The zero-order valence-corrected chi connectivity index (χ0v) is 16.0. The second kappa shape index (κ2) is 10.9. The third-order valence-corrected chi connectivity index (χ3v) is 4.38. The molecule has 24 heavy (non-hydrogen) atoms. The van der Waals surface area contributed by atoms with Gasteiger partial charge in [-0.2, -0.15) is 0 Å². The van der Waals surface area contributed by atoms with Crippen molar-refractivity contribution in [1.29, 1.82) is 0 Å². The van der Waals surface area contributed by atoms with Crippen LogP contribution in [-0.2, 0) is 16.0 Å². The predicted molar refractivity (Wildman–Crippen MR) is 103 cm³/mol. The van der Waals surface area contributed by atoms with Crippen LogP contribution in [-0.4, -0.2) is 51.2 Å². The van der Waals surface area contributed by atoms with E-state index in [2.05, 4.69) is 36.4 Å². The van der Waals surface area contributed by atoms with Gasteiger partial charge in [-0.1, -0.05) is 12.1 Å². The highest BCUT2D eigenvalue weighted by Crippen LogP contribution is 2.30.